The van der Waals surface area contributed by atoms with E-state index in [1.165, 1.54) is 5.56 Å². The van der Waals surface area contributed by atoms with Crippen molar-refractivity contribution in [2.45, 2.75) is 6.92 Å². The summed E-state index contributed by atoms with van der Waals surface area (Å²) in [5.74, 6) is 2.21. The van der Waals surface area contributed by atoms with Crippen LogP contribution in [0.25, 0.3) is 39.1 Å². The smallest absolute Gasteiger partial charge is 0.214 e. The van der Waals surface area contributed by atoms with Crippen molar-refractivity contribution in [3.63, 3.8) is 0 Å². The highest BCUT2D eigenvalue weighted by Gasteiger charge is 2.22. The molecule has 0 radical (unpaired) electrons. The van der Waals surface area contributed by atoms with Crippen LogP contribution in [-0.4, -0.2) is 28.6 Å². The van der Waals surface area contributed by atoms with Gasteiger partial charge in [0.1, 0.15) is 17.1 Å². The molecule has 0 unspecified atom stereocenters. The first kappa shape index (κ1) is 23.8. The van der Waals surface area contributed by atoms with Crippen LogP contribution in [-0.2, 0) is 0 Å². The summed E-state index contributed by atoms with van der Waals surface area (Å²) in [6.07, 6.45) is 0. The Hall–Kier alpha value is -4.55. The van der Waals surface area contributed by atoms with Crippen LogP contribution in [0.5, 0.6) is 11.5 Å². The molecule has 7 heteroatoms. The highest BCUT2D eigenvalue weighted by molar-refractivity contribution is 6.31. The molecule has 0 aliphatic carbocycles. The number of fused-ring (bicyclic) bond motifs is 3. The summed E-state index contributed by atoms with van der Waals surface area (Å²) in [6, 6.07) is 29.8. The monoisotopic (exact) mass is 520 g/mol. The quantitative estimate of drug-likeness (QED) is 0.241. The molecule has 4 aromatic carbocycles. The second-order valence-corrected chi connectivity index (χ2v) is 9.45. The molecule has 0 aliphatic rings. The molecule has 0 bridgehead atoms. The van der Waals surface area contributed by atoms with E-state index in [0.717, 1.165) is 56.3 Å². The van der Waals surface area contributed by atoms with E-state index < -0.39 is 0 Å². The number of imidazole rings is 1. The number of hydrogen-bond donors (Lipinski definition) is 1. The third-order valence-corrected chi connectivity index (χ3v) is 6.78. The van der Waals surface area contributed by atoms with E-state index in [2.05, 4.69) is 28.8 Å². The Morgan fingerprint density at radius 3 is 2.00 bits per heavy atom. The molecule has 0 saturated heterocycles. The third-order valence-electron chi connectivity index (χ3n) is 6.55. The van der Waals surface area contributed by atoms with Gasteiger partial charge in [-0.3, -0.25) is 4.40 Å². The lowest BCUT2D eigenvalue weighted by molar-refractivity contribution is 0.414. The summed E-state index contributed by atoms with van der Waals surface area (Å²) in [7, 11) is 3.32. The molecule has 2 aromatic heterocycles. The van der Waals surface area contributed by atoms with Gasteiger partial charge >= 0.3 is 0 Å². The predicted molar refractivity (Wildman–Crippen MR) is 154 cm³/mol. The fraction of sp³-hybridized carbons (Fsp3) is 0.0968. The van der Waals surface area contributed by atoms with Crippen molar-refractivity contribution in [2.24, 2.45) is 0 Å². The zero-order valence-corrected chi connectivity index (χ0v) is 22.0. The second-order valence-electron chi connectivity index (χ2n) is 9.01. The first-order chi connectivity index (χ1) is 18.5. The molecule has 38 heavy (non-hydrogen) atoms. The number of nitrogens with one attached hydrogen (secondary N) is 1. The molecule has 188 valence electrons. The summed E-state index contributed by atoms with van der Waals surface area (Å²) in [5.41, 5.74) is 7.31. The Bertz CT molecular complexity index is 1760. The van der Waals surface area contributed by atoms with Gasteiger partial charge in [0.25, 0.3) is 0 Å². The van der Waals surface area contributed by atoms with Gasteiger partial charge in [-0.2, -0.15) is 0 Å². The molecule has 0 amide bonds. The van der Waals surface area contributed by atoms with E-state index in [1.54, 1.807) is 14.2 Å². The number of benzene rings is 4. The first-order valence-electron chi connectivity index (χ1n) is 12.2. The van der Waals surface area contributed by atoms with Crippen molar-refractivity contribution in [3.8, 4) is 34.0 Å². The zero-order valence-electron chi connectivity index (χ0n) is 21.2. The molecular weight excluding hydrogens is 496 g/mol. The van der Waals surface area contributed by atoms with Crippen LogP contribution in [0.3, 0.4) is 0 Å². The summed E-state index contributed by atoms with van der Waals surface area (Å²) in [5, 5.41) is 5.02. The SMILES string of the molecule is COc1ccc(-c2nc3c4cc(Cl)ccc4nc(Nc4ccc(C)cc4)n3c2-c2ccc(OC)cc2)cc1. The Labute approximate surface area is 225 Å². The van der Waals surface area contributed by atoms with E-state index in [1.807, 2.05) is 78.9 Å². The van der Waals surface area contributed by atoms with Crippen molar-refractivity contribution in [2.75, 3.05) is 19.5 Å². The predicted octanol–water partition coefficient (Wildman–Crippen LogP) is 7.94. The molecule has 0 fully saturated rings. The Kier molecular flexibility index (Phi) is 6.10. The van der Waals surface area contributed by atoms with Crippen molar-refractivity contribution >= 4 is 39.8 Å². The van der Waals surface area contributed by atoms with Gasteiger partial charge in [-0.25, -0.2) is 9.97 Å². The molecule has 0 atom stereocenters. The molecule has 0 spiro atoms. The third kappa shape index (κ3) is 4.29. The van der Waals surface area contributed by atoms with Crippen LogP contribution < -0.4 is 14.8 Å². The Balaban J connectivity index is 1.69. The van der Waals surface area contributed by atoms with Crippen LogP contribution in [0, 0.1) is 6.92 Å². The summed E-state index contributed by atoms with van der Waals surface area (Å²) in [6.45, 7) is 2.07. The minimum absolute atomic E-state index is 0.625. The van der Waals surface area contributed by atoms with Gasteiger partial charge in [-0.1, -0.05) is 29.3 Å². The molecule has 0 aliphatic heterocycles. The minimum Gasteiger partial charge on any atom is -0.497 e. The number of methoxy groups -OCH3 is 2. The summed E-state index contributed by atoms with van der Waals surface area (Å²) < 4.78 is 12.9. The van der Waals surface area contributed by atoms with Gasteiger partial charge in [0.05, 0.1) is 31.1 Å². The number of halogens is 1. The summed E-state index contributed by atoms with van der Waals surface area (Å²) >= 11 is 6.44. The van der Waals surface area contributed by atoms with Gasteiger partial charge in [-0.15, -0.1) is 0 Å². The van der Waals surface area contributed by atoms with Crippen LogP contribution in [0.2, 0.25) is 5.02 Å². The highest BCUT2D eigenvalue weighted by atomic mass is 35.5. The van der Waals surface area contributed by atoms with E-state index in [-0.39, 0.29) is 0 Å². The molecule has 6 nitrogen and oxygen atoms in total. The summed E-state index contributed by atoms with van der Waals surface area (Å²) in [4.78, 5) is 10.2. The number of rotatable bonds is 6. The average Bonchev–Trinajstić information content (AvgIpc) is 3.36. The fourth-order valence-electron chi connectivity index (χ4n) is 4.57. The molecule has 6 aromatic rings. The first-order valence-corrected chi connectivity index (χ1v) is 12.6. The van der Waals surface area contributed by atoms with Crippen molar-refractivity contribution in [1.82, 2.24) is 14.4 Å². The van der Waals surface area contributed by atoms with Crippen LogP contribution >= 0.6 is 11.6 Å². The number of ether oxygens (including phenoxy) is 2. The number of aryl methyl sites for hydroxylation is 1. The standard InChI is InChI=1S/C31H25ClN4O2/c1-19-4-11-23(12-5-19)33-31-34-27-17-10-22(32)18-26(27)30-35-28(20-6-13-24(37-2)14-7-20)29(36(30)31)21-8-15-25(38-3)16-9-21/h4-18H,1-3H3,(H,33,34). The lowest BCUT2D eigenvalue weighted by Gasteiger charge is -2.14. The molecule has 0 saturated carbocycles. The second kappa shape index (κ2) is 9.72. The van der Waals surface area contributed by atoms with Gasteiger partial charge in [0.2, 0.25) is 5.95 Å². The van der Waals surface area contributed by atoms with Crippen LogP contribution in [0.15, 0.2) is 91.0 Å². The lowest BCUT2D eigenvalue weighted by atomic mass is 10.0. The Morgan fingerprint density at radius 1 is 0.737 bits per heavy atom. The maximum atomic E-state index is 6.44. The van der Waals surface area contributed by atoms with E-state index in [4.69, 9.17) is 31.0 Å². The van der Waals surface area contributed by atoms with E-state index >= 15 is 0 Å². The van der Waals surface area contributed by atoms with Crippen molar-refractivity contribution in [3.05, 3.63) is 102 Å². The molecule has 1 N–H and O–H groups in total. The van der Waals surface area contributed by atoms with E-state index in [9.17, 15) is 0 Å². The number of hydrogen-bond acceptors (Lipinski definition) is 5. The largest absolute Gasteiger partial charge is 0.497 e. The number of aromatic nitrogens is 3. The van der Waals surface area contributed by atoms with E-state index in [0.29, 0.717) is 11.0 Å². The minimum atomic E-state index is 0.625. The van der Waals surface area contributed by atoms with Gasteiger partial charge in [0, 0.05) is 27.2 Å². The van der Waals surface area contributed by atoms with Gasteiger partial charge in [0.15, 0.2) is 0 Å². The maximum Gasteiger partial charge on any atom is 0.214 e. The lowest BCUT2D eigenvalue weighted by Crippen LogP contribution is -2.04. The van der Waals surface area contributed by atoms with Gasteiger partial charge in [-0.05, 0) is 85.8 Å². The molecule has 6 rings (SSSR count). The average molecular weight is 521 g/mol. The normalized spacial score (nSPS) is 11.2. The number of nitrogens with zero attached hydrogens (tertiary/aromatic N) is 3. The Morgan fingerprint density at radius 2 is 1.37 bits per heavy atom. The topological polar surface area (TPSA) is 60.7 Å². The zero-order chi connectivity index (χ0) is 26.2. The highest BCUT2D eigenvalue weighted by Crippen LogP contribution is 2.38. The molecule has 2 heterocycles. The number of anilines is 2. The van der Waals surface area contributed by atoms with Crippen LogP contribution in [0.1, 0.15) is 5.56 Å². The van der Waals surface area contributed by atoms with Crippen LogP contribution in [0.4, 0.5) is 11.6 Å². The van der Waals surface area contributed by atoms with Crippen molar-refractivity contribution in [1.29, 1.82) is 0 Å². The fourth-order valence-corrected chi connectivity index (χ4v) is 4.74. The molecular formula is C31H25ClN4O2. The van der Waals surface area contributed by atoms with Gasteiger partial charge < -0.3 is 14.8 Å². The maximum absolute atomic E-state index is 6.44. The van der Waals surface area contributed by atoms with Crippen molar-refractivity contribution < 1.29 is 9.47 Å².